The highest BCUT2D eigenvalue weighted by molar-refractivity contribution is 5.31. The number of methoxy groups -OCH3 is 1. The first kappa shape index (κ1) is 12.7. The smallest absolute Gasteiger partial charge is 0.119 e. The van der Waals surface area contributed by atoms with Gasteiger partial charge in [0.25, 0.3) is 0 Å². The van der Waals surface area contributed by atoms with E-state index in [1.165, 1.54) is 16.7 Å². The Morgan fingerprint density at radius 2 is 1.83 bits per heavy atom. The molecule has 0 amide bonds. The Balaban J connectivity index is 2.10. The minimum atomic E-state index is 0.0257. The van der Waals surface area contributed by atoms with Crippen molar-refractivity contribution in [2.75, 3.05) is 7.11 Å². The van der Waals surface area contributed by atoms with Crippen molar-refractivity contribution in [1.29, 1.82) is 0 Å². The average molecular weight is 241 g/mol. The van der Waals surface area contributed by atoms with E-state index < -0.39 is 0 Å². The lowest BCUT2D eigenvalue weighted by Gasteiger charge is -2.13. The fraction of sp³-hybridized carbons (Fsp3) is 0.250. The fourth-order valence-electron chi connectivity index (χ4n) is 1.98. The lowest BCUT2D eigenvalue weighted by Crippen LogP contribution is -2.13. The molecule has 2 heteroatoms. The second-order valence-corrected chi connectivity index (χ2v) is 4.57. The molecule has 2 aromatic carbocycles. The zero-order chi connectivity index (χ0) is 13.0. The largest absolute Gasteiger partial charge is 0.497 e. The van der Waals surface area contributed by atoms with Crippen LogP contribution in [-0.2, 0) is 6.42 Å². The SMILES string of the molecule is COc1cccc(CC(N)c2ccc(C)cc2)c1. The van der Waals surface area contributed by atoms with Crippen LogP contribution in [0.15, 0.2) is 48.5 Å². The molecular formula is C16H19NO. The van der Waals surface area contributed by atoms with E-state index in [4.69, 9.17) is 10.5 Å². The number of rotatable bonds is 4. The molecule has 0 aliphatic heterocycles. The molecule has 2 nitrogen and oxygen atoms in total. The topological polar surface area (TPSA) is 35.2 Å². The molecule has 1 atom stereocenters. The summed E-state index contributed by atoms with van der Waals surface area (Å²) in [5.74, 6) is 0.878. The number of nitrogens with two attached hydrogens (primary N) is 1. The molecule has 2 aromatic rings. The lowest BCUT2D eigenvalue weighted by molar-refractivity contribution is 0.414. The molecule has 2 rings (SSSR count). The summed E-state index contributed by atoms with van der Waals surface area (Å²) in [6.07, 6.45) is 0.820. The molecule has 0 heterocycles. The van der Waals surface area contributed by atoms with Crippen molar-refractivity contribution in [1.82, 2.24) is 0 Å². The maximum Gasteiger partial charge on any atom is 0.119 e. The predicted molar refractivity (Wildman–Crippen MR) is 74.8 cm³/mol. The quantitative estimate of drug-likeness (QED) is 0.891. The molecule has 0 bridgehead atoms. The number of hydrogen-bond acceptors (Lipinski definition) is 2. The summed E-state index contributed by atoms with van der Waals surface area (Å²) in [7, 11) is 1.68. The number of aryl methyl sites for hydroxylation is 1. The van der Waals surface area contributed by atoms with E-state index in [2.05, 4.69) is 37.3 Å². The van der Waals surface area contributed by atoms with Gasteiger partial charge in [-0.3, -0.25) is 0 Å². The van der Waals surface area contributed by atoms with Gasteiger partial charge in [-0.05, 0) is 36.6 Å². The van der Waals surface area contributed by atoms with Gasteiger partial charge < -0.3 is 10.5 Å². The summed E-state index contributed by atoms with van der Waals surface area (Å²) in [4.78, 5) is 0. The second kappa shape index (κ2) is 5.69. The van der Waals surface area contributed by atoms with Crippen LogP contribution in [-0.4, -0.2) is 7.11 Å². The van der Waals surface area contributed by atoms with Crippen LogP contribution < -0.4 is 10.5 Å². The third-order valence-corrected chi connectivity index (χ3v) is 3.10. The Morgan fingerprint density at radius 3 is 2.50 bits per heavy atom. The first-order valence-corrected chi connectivity index (χ1v) is 6.14. The predicted octanol–water partition coefficient (Wildman–Crippen LogP) is 3.25. The first-order valence-electron chi connectivity index (χ1n) is 6.14. The second-order valence-electron chi connectivity index (χ2n) is 4.57. The van der Waals surface area contributed by atoms with Crippen molar-refractivity contribution in [3.8, 4) is 5.75 Å². The van der Waals surface area contributed by atoms with Crippen LogP contribution in [0.2, 0.25) is 0 Å². The lowest BCUT2D eigenvalue weighted by atomic mass is 9.99. The maximum absolute atomic E-state index is 6.23. The number of hydrogen-bond donors (Lipinski definition) is 1. The van der Waals surface area contributed by atoms with E-state index in [0.717, 1.165) is 12.2 Å². The Kier molecular flexibility index (Phi) is 4.00. The Labute approximate surface area is 108 Å². The summed E-state index contributed by atoms with van der Waals surface area (Å²) in [6.45, 7) is 2.08. The normalized spacial score (nSPS) is 12.2. The molecule has 0 spiro atoms. The molecule has 94 valence electrons. The summed E-state index contributed by atoms with van der Waals surface area (Å²) in [6, 6.07) is 16.5. The summed E-state index contributed by atoms with van der Waals surface area (Å²) in [5, 5.41) is 0. The Hall–Kier alpha value is -1.80. The van der Waals surface area contributed by atoms with Gasteiger partial charge in [0.1, 0.15) is 5.75 Å². The van der Waals surface area contributed by atoms with Crippen LogP contribution in [0, 0.1) is 6.92 Å². The molecule has 0 aliphatic rings. The zero-order valence-electron chi connectivity index (χ0n) is 10.9. The molecule has 0 radical (unpaired) electrons. The van der Waals surface area contributed by atoms with Crippen molar-refractivity contribution in [3.63, 3.8) is 0 Å². The molecule has 18 heavy (non-hydrogen) atoms. The van der Waals surface area contributed by atoms with E-state index in [1.54, 1.807) is 7.11 Å². The first-order chi connectivity index (χ1) is 8.69. The minimum Gasteiger partial charge on any atom is -0.497 e. The number of benzene rings is 2. The minimum absolute atomic E-state index is 0.0257. The van der Waals surface area contributed by atoms with Gasteiger partial charge in [0.15, 0.2) is 0 Å². The van der Waals surface area contributed by atoms with E-state index >= 15 is 0 Å². The van der Waals surface area contributed by atoms with Gasteiger partial charge in [0, 0.05) is 6.04 Å². The van der Waals surface area contributed by atoms with E-state index in [-0.39, 0.29) is 6.04 Å². The third-order valence-electron chi connectivity index (χ3n) is 3.10. The van der Waals surface area contributed by atoms with E-state index in [9.17, 15) is 0 Å². The third kappa shape index (κ3) is 3.11. The molecular weight excluding hydrogens is 222 g/mol. The fourth-order valence-corrected chi connectivity index (χ4v) is 1.98. The summed E-state index contributed by atoms with van der Waals surface area (Å²) < 4.78 is 5.22. The monoisotopic (exact) mass is 241 g/mol. The van der Waals surface area contributed by atoms with Gasteiger partial charge in [-0.25, -0.2) is 0 Å². The van der Waals surface area contributed by atoms with Gasteiger partial charge in [-0.1, -0.05) is 42.0 Å². The van der Waals surface area contributed by atoms with Gasteiger partial charge >= 0.3 is 0 Å². The van der Waals surface area contributed by atoms with Crippen molar-refractivity contribution in [3.05, 3.63) is 65.2 Å². The van der Waals surface area contributed by atoms with Crippen LogP contribution in [0.1, 0.15) is 22.7 Å². The van der Waals surface area contributed by atoms with Crippen LogP contribution in [0.4, 0.5) is 0 Å². The molecule has 0 aliphatic carbocycles. The van der Waals surface area contributed by atoms with Gasteiger partial charge in [-0.2, -0.15) is 0 Å². The van der Waals surface area contributed by atoms with Gasteiger partial charge in [0.05, 0.1) is 7.11 Å². The Bertz CT molecular complexity index is 505. The molecule has 1 unspecified atom stereocenters. The van der Waals surface area contributed by atoms with E-state index in [0.29, 0.717) is 0 Å². The van der Waals surface area contributed by atoms with Gasteiger partial charge in [0.2, 0.25) is 0 Å². The van der Waals surface area contributed by atoms with Crippen LogP contribution in [0.25, 0.3) is 0 Å². The van der Waals surface area contributed by atoms with Crippen molar-refractivity contribution in [2.24, 2.45) is 5.73 Å². The molecule has 2 N–H and O–H groups in total. The van der Waals surface area contributed by atoms with Crippen LogP contribution in [0.5, 0.6) is 5.75 Å². The average Bonchev–Trinajstić information content (AvgIpc) is 2.39. The standard InChI is InChI=1S/C16H19NO/c1-12-6-8-14(9-7-12)16(17)11-13-4-3-5-15(10-13)18-2/h3-10,16H,11,17H2,1-2H3. The molecule has 0 fully saturated rings. The highest BCUT2D eigenvalue weighted by Crippen LogP contribution is 2.19. The van der Waals surface area contributed by atoms with Crippen LogP contribution in [0.3, 0.4) is 0 Å². The van der Waals surface area contributed by atoms with Crippen molar-refractivity contribution in [2.45, 2.75) is 19.4 Å². The molecule has 0 saturated carbocycles. The molecule has 0 aromatic heterocycles. The van der Waals surface area contributed by atoms with Gasteiger partial charge in [-0.15, -0.1) is 0 Å². The highest BCUT2D eigenvalue weighted by Gasteiger charge is 2.07. The van der Waals surface area contributed by atoms with Crippen molar-refractivity contribution < 1.29 is 4.74 Å². The molecule has 0 saturated heterocycles. The maximum atomic E-state index is 6.23. The highest BCUT2D eigenvalue weighted by atomic mass is 16.5. The van der Waals surface area contributed by atoms with Crippen molar-refractivity contribution >= 4 is 0 Å². The zero-order valence-corrected chi connectivity index (χ0v) is 10.9. The summed E-state index contributed by atoms with van der Waals surface area (Å²) >= 11 is 0. The Morgan fingerprint density at radius 1 is 1.11 bits per heavy atom. The van der Waals surface area contributed by atoms with E-state index in [1.807, 2.05) is 18.2 Å². The van der Waals surface area contributed by atoms with Crippen LogP contribution >= 0.6 is 0 Å². The summed E-state index contributed by atoms with van der Waals surface area (Å²) in [5.41, 5.74) is 9.85. The number of ether oxygens (including phenoxy) is 1.